The van der Waals surface area contributed by atoms with Crippen LogP contribution in [0.25, 0.3) is 0 Å². The molecule has 0 bridgehead atoms. The van der Waals surface area contributed by atoms with Crippen molar-refractivity contribution in [1.82, 2.24) is 0 Å². The van der Waals surface area contributed by atoms with E-state index >= 15 is 0 Å². The van der Waals surface area contributed by atoms with Crippen LogP contribution in [0, 0.1) is 11.6 Å². The van der Waals surface area contributed by atoms with Crippen molar-refractivity contribution in [1.29, 1.82) is 0 Å². The number of hydrogen-bond acceptors (Lipinski definition) is 3. The van der Waals surface area contributed by atoms with Crippen molar-refractivity contribution in [3.63, 3.8) is 0 Å². The van der Waals surface area contributed by atoms with E-state index in [0.717, 1.165) is 19.2 Å². The largest absolute Gasteiger partial charge is 0.496 e. The molecule has 0 fully saturated rings. The Hall–Kier alpha value is -1.69. The van der Waals surface area contributed by atoms with Crippen LogP contribution in [0.15, 0.2) is 12.1 Å². The summed E-state index contributed by atoms with van der Waals surface area (Å²) >= 11 is 0. The van der Waals surface area contributed by atoms with Crippen molar-refractivity contribution in [2.75, 3.05) is 7.11 Å². The van der Waals surface area contributed by atoms with Crippen molar-refractivity contribution in [2.45, 2.75) is 6.10 Å². The van der Waals surface area contributed by atoms with E-state index in [2.05, 4.69) is 4.74 Å². The van der Waals surface area contributed by atoms with Gasteiger partial charge in [-0.2, -0.15) is 0 Å². The highest BCUT2D eigenvalue weighted by Crippen LogP contribution is 2.29. The lowest BCUT2D eigenvalue weighted by atomic mass is 10.1. The lowest BCUT2D eigenvalue weighted by Gasteiger charge is -2.12. The van der Waals surface area contributed by atoms with Crippen LogP contribution in [-0.2, 0) is 4.79 Å². The zero-order valence-electron chi connectivity index (χ0n) is 7.70. The van der Waals surface area contributed by atoms with Crippen LogP contribution in [-0.4, -0.2) is 23.3 Å². The molecule has 82 valence electrons. The molecule has 6 heteroatoms. The highest BCUT2D eigenvalue weighted by atomic mass is 19.2. The van der Waals surface area contributed by atoms with Gasteiger partial charge in [0.15, 0.2) is 17.7 Å². The molecule has 0 aliphatic rings. The van der Waals surface area contributed by atoms with Crippen LogP contribution in [0.4, 0.5) is 8.78 Å². The Morgan fingerprint density at radius 3 is 2.53 bits per heavy atom. The van der Waals surface area contributed by atoms with Crippen LogP contribution >= 0.6 is 0 Å². The van der Waals surface area contributed by atoms with Gasteiger partial charge in [-0.3, -0.25) is 0 Å². The Bertz CT molecular complexity index is 392. The number of aliphatic hydroxyl groups is 1. The molecule has 0 amide bonds. The fourth-order valence-corrected chi connectivity index (χ4v) is 1.10. The van der Waals surface area contributed by atoms with Gasteiger partial charge in [-0.25, -0.2) is 13.6 Å². The molecule has 4 nitrogen and oxygen atoms in total. The number of carboxylic acids is 1. The number of aliphatic carboxylic acids is 1. The van der Waals surface area contributed by atoms with Crippen molar-refractivity contribution < 1.29 is 28.5 Å². The summed E-state index contributed by atoms with van der Waals surface area (Å²) in [5.74, 6) is -4.57. The topological polar surface area (TPSA) is 66.8 Å². The van der Waals surface area contributed by atoms with E-state index in [0.29, 0.717) is 0 Å². The summed E-state index contributed by atoms with van der Waals surface area (Å²) < 4.78 is 30.6. The third-order valence-corrected chi connectivity index (χ3v) is 1.82. The number of methoxy groups -OCH3 is 1. The van der Waals surface area contributed by atoms with Gasteiger partial charge in [-0.05, 0) is 12.1 Å². The summed E-state index contributed by atoms with van der Waals surface area (Å²) in [5.41, 5.74) is -0.718. The SMILES string of the molecule is COc1ccc(F)c(F)c1[C@H](O)C(=O)O. The van der Waals surface area contributed by atoms with E-state index in [1.807, 2.05) is 0 Å². The first-order valence-electron chi connectivity index (χ1n) is 3.91. The molecule has 1 atom stereocenters. The molecule has 0 radical (unpaired) electrons. The number of rotatable bonds is 3. The Morgan fingerprint density at radius 2 is 2.07 bits per heavy atom. The first kappa shape index (κ1) is 11.4. The number of hydrogen-bond donors (Lipinski definition) is 2. The van der Waals surface area contributed by atoms with Crippen molar-refractivity contribution in [2.24, 2.45) is 0 Å². The number of aliphatic hydroxyl groups excluding tert-OH is 1. The predicted octanol–water partition coefficient (Wildman–Crippen LogP) is 1.09. The van der Waals surface area contributed by atoms with Crippen molar-refractivity contribution >= 4 is 5.97 Å². The molecule has 1 aromatic rings. The summed E-state index contributed by atoms with van der Waals surface area (Å²) in [7, 11) is 1.16. The Labute approximate surface area is 83.7 Å². The third-order valence-electron chi connectivity index (χ3n) is 1.82. The van der Waals surface area contributed by atoms with Gasteiger partial charge < -0.3 is 14.9 Å². The molecule has 2 N–H and O–H groups in total. The monoisotopic (exact) mass is 218 g/mol. The van der Waals surface area contributed by atoms with E-state index in [-0.39, 0.29) is 5.75 Å². The van der Waals surface area contributed by atoms with E-state index < -0.39 is 29.3 Å². The number of ether oxygens (including phenoxy) is 1. The number of carbonyl (C=O) groups is 1. The lowest BCUT2D eigenvalue weighted by Crippen LogP contribution is -2.14. The minimum Gasteiger partial charge on any atom is -0.496 e. The van der Waals surface area contributed by atoms with Gasteiger partial charge in [0.2, 0.25) is 0 Å². The molecule has 0 spiro atoms. The number of halogens is 2. The van der Waals surface area contributed by atoms with Gasteiger partial charge in [-0.1, -0.05) is 0 Å². The molecular formula is C9H8F2O4. The minimum absolute atomic E-state index is 0.219. The third kappa shape index (κ3) is 2.04. The summed E-state index contributed by atoms with van der Waals surface area (Å²) in [6.07, 6.45) is -2.16. The quantitative estimate of drug-likeness (QED) is 0.796. The predicted molar refractivity (Wildman–Crippen MR) is 45.5 cm³/mol. The Balaban J connectivity index is 3.35. The first-order chi connectivity index (χ1) is 6.99. The van der Waals surface area contributed by atoms with E-state index in [9.17, 15) is 13.6 Å². The molecule has 0 aromatic heterocycles. The fraction of sp³-hybridized carbons (Fsp3) is 0.222. The zero-order valence-corrected chi connectivity index (χ0v) is 7.70. The average Bonchev–Trinajstić information content (AvgIpc) is 2.20. The number of carboxylic acid groups (broad SMARTS) is 1. The molecule has 0 saturated heterocycles. The highest BCUT2D eigenvalue weighted by molar-refractivity contribution is 5.75. The molecule has 1 rings (SSSR count). The fourth-order valence-electron chi connectivity index (χ4n) is 1.10. The summed E-state index contributed by atoms with van der Waals surface area (Å²) in [4.78, 5) is 10.4. The first-order valence-corrected chi connectivity index (χ1v) is 3.91. The van der Waals surface area contributed by atoms with Crippen LogP contribution < -0.4 is 4.74 Å². The Kier molecular flexibility index (Phi) is 3.21. The van der Waals surface area contributed by atoms with Crippen LogP contribution in [0.3, 0.4) is 0 Å². The van der Waals surface area contributed by atoms with E-state index in [4.69, 9.17) is 10.2 Å². The summed E-state index contributed by atoms with van der Waals surface area (Å²) in [6, 6.07) is 1.83. The van der Waals surface area contributed by atoms with Crippen molar-refractivity contribution in [3.8, 4) is 5.75 Å². The summed E-state index contributed by atoms with van der Waals surface area (Å²) in [5, 5.41) is 17.6. The zero-order chi connectivity index (χ0) is 11.6. The average molecular weight is 218 g/mol. The number of benzene rings is 1. The molecule has 0 aliphatic carbocycles. The smallest absolute Gasteiger partial charge is 0.337 e. The maximum Gasteiger partial charge on any atom is 0.337 e. The molecule has 0 aliphatic heterocycles. The molecule has 0 heterocycles. The van der Waals surface area contributed by atoms with Gasteiger partial charge in [0, 0.05) is 0 Å². The minimum atomic E-state index is -2.16. The second-order valence-electron chi connectivity index (χ2n) is 2.72. The van der Waals surface area contributed by atoms with Crippen LogP contribution in [0.2, 0.25) is 0 Å². The molecule has 15 heavy (non-hydrogen) atoms. The van der Waals surface area contributed by atoms with Gasteiger partial charge in [0.1, 0.15) is 5.75 Å². The molecule has 0 unspecified atom stereocenters. The normalized spacial score (nSPS) is 12.3. The van der Waals surface area contributed by atoms with Gasteiger partial charge in [0.05, 0.1) is 12.7 Å². The molecule has 0 saturated carbocycles. The molecule has 1 aromatic carbocycles. The van der Waals surface area contributed by atoms with Crippen LogP contribution in [0.1, 0.15) is 11.7 Å². The second-order valence-corrected chi connectivity index (χ2v) is 2.72. The van der Waals surface area contributed by atoms with Gasteiger partial charge >= 0.3 is 5.97 Å². The maximum absolute atomic E-state index is 13.2. The van der Waals surface area contributed by atoms with Gasteiger partial charge in [-0.15, -0.1) is 0 Å². The summed E-state index contributed by atoms with van der Waals surface area (Å²) in [6.45, 7) is 0. The van der Waals surface area contributed by atoms with Crippen molar-refractivity contribution in [3.05, 3.63) is 29.3 Å². The Morgan fingerprint density at radius 1 is 1.47 bits per heavy atom. The highest BCUT2D eigenvalue weighted by Gasteiger charge is 2.26. The van der Waals surface area contributed by atoms with E-state index in [1.54, 1.807) is 0 Å². The molecular weight excluding hydrogens is 210 g/mol. The van der Waals surface area contributed by atoms with E-state index in [1.165, 1.54) is 0 Å². The standard InChI is InChI=1S/C9H8F2O4/c1-15-5-3-2-4(10)7(11)6(5)8(12)9(13)14/h2-3,8,12H,1H3,(H,13,14)/t8-/m0/s1. The van der Waals surface area contributed by atoms with Gasteiger partial charge in [0.25, 0.3) is 0 Å². The lowest BCUT2D eigenvalue weighted by molar-refractivity contribution is -0.147. The second kappa shape index (κ2) is 4.22. The van der Waals surface area contributed by atoms with Crippen LogP contribution in [0.5, 0.6) is 5.75 Å². The maximum atomic E-state index is 13.2.